The summed E-state index contributed by atoms with van der Waals surface area (Å²) in [7, 11) is 0. The molecule has 0 heterocycles. The van der Waals surface area contributed by atoms with E-state index in [9.17, 15) is 22.8 Å². The van der Waals surface area contributed by atoms with Gasteiger partial charge >= 0.3 is 12.1 Å². The van der Waals surface area contributed by atoms with Gasteiger partial charge in [0.25, 0.3) is 0 Å². The maximum Gasteiger partial charge on any atom is 0.471 e. The number of nitrogens with one attached hydrogen (secondary N) is 2. The highest BCUT2D eigenvalue weighted by atomic mass is 19.4. The van der Waals surface area contributed by atoms with Gasteiger partial charge in [-0.3, -0.25) is 9.59 Å². The minimum absolute atomic E-state index is 0.160. The summed E-state index contributed by atoms with van der Waals surface area (Å²) in [6.45, 7) is -0.00684. The molecular weight excluding hydrogens is 345 g/mol. The Morgan fingerprint density at radius 3 is 1.73 bits per heavy atom. The molecule has 0 saturated heterocycles. The molecule has 0 unspecified atom stereocenters. The maximum absolute atomic E-state index is 12.6. The number of hydrogen-bond donors (Lipinski definition) is 2. The summed E-state index contributed by atoms with van der Waals surface area (Å²) in [6, 6.07) is 18.5. The van der Waals surface area contributed by atoms with Gasteiger partial charge in [0.05, 0.1) is 5.92 Å². The van der Waals surface area contributed by atoms with Crippen molar-refractivity contribution in [3.63, 3.8) is 0 Å². The van der Waals surface area contributed by atoms with Crippen molar-refractivity contribution in [3.05, 3.63) is 71.8 Å². The Morgan fingerprint density at radius 1 is 0.808 bits per heavy atom. The van der Waals surface area contributed by atoms with Gasteiger partial charge in [0, 0.05) is 13.1 Å². The first-order valence-electron chi connectivity index (χ1n) is 8.12. The van der Waals surface area contributed by atoms with Crippen molar-refractivity contribution in [3.8, 4) is 0 Å². The van der Waals surface area contributed by atoms with Crippen LogP contribution in [0.15, 0.2) is 60.7 Å². The Morgan fingerprint density at radius 2 is 1.27 bits per heavy atom. The third kappa shape index (κ3) is 5.61. The number of alkyl halides is 3. The number of halogens is 3. The fourth-order valence-electron chi connectivity index (χ4n) is 2.49. The molecule has 138 valence electrons. The molecule has 0 atom stereocenters. The van der Waals surface area contributed by atoms with E-state index in [1.807, 2.05) is 60.7 Å². The first-order valence-corrected chi connectivity index (χ1v) is 8.12. The van der Waals surface area contributed by atoms with E-state index < -0.39 is 18.0 Å². The molecule has 2 aromatic rings. The van der Waals surface area contributed by atoms with Gasteiger partial charge in [-0.2, -0.15) is 13.2 Å². The Kier molecular flexibility index (Phi) is 6.77. The molecule has 0 aromatic heterocycles. The predicted octanol–water partition coefficient (Wildman–Crippen LogP) is 3.00. The Hall–Kier alpha value is -2.83. The lowest BCUT2D eigenvalue weighted by Crippen LogP contribution is -2.38. The largest absolute Gasteiger partial charge is 0.471 e. The normalized spacial score (nSPS) is 11.2. The summed E-state index contributed by atoms with van der Waals surface area (Å²) in [5, 5.41) is 4.49. The SMILES string of the molecule is O=C(NCCCNC(=O)C(F)(F)F)C(c1ccccc1)c1ccccc1. The quantitative estimate of drug-likeness (QED) is 0.742. The highest BCUT2D eigenvalue weighted by Crippen LogP contribution is 2.24. The topological polar surface area (TPSA) is 58.2 Å². The van der Waals surface area contributed by atoms with Crippen molar-refractivity contribution >= 4 is 11.8 Å². The third-order valence-electron chi connectivity index (χ3n) is 3.72. The van der Waals surface area contributed by atoms with Gasteiger partial charge in [0.1, 0.15) is 0 Å². The predicted molar refractivity (Wildman–Crippen MR) is 91.4 cm³/mol. The number of benzene rings is 2. The maximum atomic E-state index is 12.6. The second-order valence-corrected chi connectivity index (χ2v) is 5.65. The lowest BCUT2D eigenvalue weighted by molar-refractivity contribution is -0.173. The van der Waals surface area contributed by atoms with Gasteiger partial charge in [-0.15, -0.1) is 0 Å². The smallest absolute Gasteiger partial charge is 0.355 e. The molecule has 2 N–H and O–H groups in total. The molecule has 26 heavy (non-hydrogen) atoms. The molecule has 4 nitrogen and oxygen atoms in total. The molecule has 0 spiro atoms. The Balaban J connectivity index is 1.93. The van der Waals surface area contributed by atoms with E-state index >= 15 is 0 Å². The van der Waals surface area contributed by atoms with E-state index in [4.69, 9.17) is 0 Å². The lowest BCUT2D eigenvalue weighted by Gasteiger charge is -2.18. The minimum atomic E-state index is -4.89. The van der Waals surface area contributed by atoms with E-state index in [0.29, 0.717) is 0 Å². The summed E-state index contributed by atoms with van der Waals surface area (Å²) in [5.74, 6) is -2.73. The van der Waals surface area contributed by atoms with Gasteiger partial charge in [0.2, 0.25) is 5.91 Å². The molecule has 0 saturated carbocycles. The van der Waals surface area contributed by atoms with Crippen LogP contribution < -0.4 is 10.6 Å². The minimum Gasteiger partial charge on any atom is -0.355 e. The van der Waals surface area contributed by atoms with Crippen LogP contribution in [0.25, 0.3) is 0 Å². The molecule has 0 aliphatic heterocycles. The zero-order valence-corrected chi connectivity index (χ0v) is 13.9. The molecular formula is C19H19F3N2O2. The van der Waals surface area contributed by atoms with Crippen molar-refractivity contribution < 1.29 is 22.8 Å². The fraction of sp³-hybridized carbons (Fsp3) is 0.263. The zero-order chi connectivity index (χ0) is 19.0. The average Bonchev–Trinajstić information content (AvgIpc) is 2.62. The summed E-state index contributed by atoms with van der Waals surface area (Å²) < 4.78 is 36.3. The van der Waals surface area contributed by atoms with Crippen molar-refractivity contribution in [1.82, 2.24) is 10.6 Å². The summed E-state index contributed by atoms with van der Waals surface area (Å²) in [6.07, 6.45) is -4.70. The number of amides is 2. The fourth-order valence-corrected chi connectivity index (χ4v) is 2.49. The van der Waals surface area contributed by atoms with Gasteiger partial charge < -0.3 is 10.6 Å². The average molecular weight is 364 g/mol. The Labute approximate surface area is 149 Å². The molecule has 0 fully saturated rings. The van der Waals surface area contributed by atoms with Crippen LogP contribution >= 0.6 is 0 Å². The highest BCUT2D eigenvalue weighted by molar-refractivity contribution is 5.87. The van der Waals surface area contributed by atoms with E-state index in [1.165, 1.54) is 0 Å². The summed E-state index contributed by atoms with van der Waals surface area (Å²) in [5.41, 5.74) is 1.64. The Bertz CT molecular complexity index is 679. The highest BCUT2D eigenvalue weighted by Gasteiger charge is 2.38. The van der Waals surface area contributed by atoms with E-state index in [1.54, 1.807) is 5.32 Å². The molecule has 2 rings (SSSR count). The molecule has 2 aromatic carbocycles. The van der Waals surface area contributed by atoms with Crippen LogP contribution in [0.5, 0.6) is 0 Å². The molecule has 0 radical (unpaired) electrons. The number of hydrogen-bond acceptors (Lipinski definition) is 2. The summed E-state index contributed by atoms with van der Waals surface area (Å²) >= 11 is 0. The van der Waals surface area contributed by atoms with Crippen LogP contribution in [0.3, 0.4) is 0 Å². The molecule has 0 aliphatic carbocycles. The first kappa shape index (κ1) is 19.5. The molecule has 0 bridgehead atoms. The van der Waals surface area contributed by atoms with Crippen LogP contribution in [0.4, 0.5) is 13.2 Å². The lowest BCUT2D eigenvalue weighted by atomic mass is 9.90. The number of carbonyl (C=O) groups excluding carboxylic acids is 2. The van der Waals surface area contributed by atoms with Crippen LogP contribution in [0, 0.1) is 0 Å². The van der Waals surface area contributed by atoms with Gasteiger partial charge in [-0.05, 0) is 17.5 Å². The van der Waals surface area contributed by atoms with Crippen molar-refractivity contribution in [2.75, 3.05) is 13.1 Å². The summed E-state index contributed by atoms with van der Waals surface area (Å²) in [4.78, 5) is 23.3. The van der Waals surface area contributed by atoms with Crippen molar-refractivity contribution in [1.29, 1.82) is 0 Å². The second kappa shape index (κ2) is 9.03. The monoisotopic (exact) mass is 364 g/mol. The van der Waals surface area contributed by atoms with Crippen LogP contribution in [0.2, 0.25) is 0 Å². The van der Waals surface area contributed by atoms with E-state index in [2.05, 4.69) is 5.32 Å². The number of rotatable bonds is 7. The van der Waals surface area contributed by atoms with Crippen LogP contribution in [0.1, 0.15) is 23.5 Å². The van der Waals surface area contributed by atoms with Gasteiger partial charge in [0.15, 0.2) is 0 Å². The molecule has 7 heteroatoms. The third-order valence-corrected chi connectivity index (χ3v) is 3.72. The van der Waals surface area contributed by atoms with Crippen molar-refractivity contribution in [2.45, 2.75) is 18.5 Å². The van der Waals surface area contributed by atoms with Gasteiger partial charge in [-0.25, -0.2) is 0 Å². The number of carbonyl (C=O) groups is 2. The standard InChI is InChI=1S/C19H19F3N2O2/c20-19(21,22)18(26)24-13-7-12-23-17(25)16(14-8-3-1-4-9-14)15-10-5-2-6-11-15/h1-6,8-11,16H,7,12-13H2,(H,23,25)(H,24,26). The van der Waals surface area contributed by atoms with Crippen LogP contribution in [-0.2, 0) is 9.59 Å². The van der Waals surface area contributed by atoms with Gasteiger partial charge in [-0.1, -0.05) is 60.7 Å². The zero-order valence-electron chi connectivity index (χ0n) is 13.9. The molecule has 0 aliphatic rings. The second-order valence-electron chi connectivity index (χ2n) is 5.65. The van der Waals surface area contributed by atoms with Crippen molar-refractivity contribution in [2.24, 2.45) is 0 Å². The van der Waals surface area contributed by atoms with Crippen LogP contribution in [-0.4, -0.2) is 31.1 Å². The van der Waals surface area contributed by atoms with E-state index in [0.717, 1.165) is 11.1 Å². The first-order chi connectivity index (χ1) is 12.4. The molecule has 2 amide bonds. The van der Waals surface area contributed by atoms with E-state index in [-0.39, 0.29) is 25.4 Å².